The first-order valence-corrected chi connectivity index (χ1v) is 20.5. The van der Waals surface area contributed by atoms with Gasteiger partial charge in [0.1, 0.15) is 11.5 Å². The third-order valence-electron chi connectivity index (χ3n) is 10.7. The second kappa shape index (κ2) is 22.6. The number of rotatable bonds is 26. The minimum absolute atomic E-state index is 0.230. The lowest BCUT2D eigenvalue weighted by Gasteiger charge is -2.37. The molecule has 0 atom stereocenters. The molecule has 0 saturated carbocycles. The summed E-state index contributed by atoms with van der Waals surface area (Å²) in [6, 6.07) is 4.38. The van der Waals surface area contributed by atoms with Crippen molar-refractivity contribution >= 4 is 0 Å². The maximum atomic E-state index is 11.7. The van der Waals surface area contributed by atoms with Gasteiger partial charge in [0.05, 0.1) is 0 Å². The highest BCUT2D eigenvalue weighted by Crippen LogP contribution is 2.47. The zero-order valence-corrected chi connectivity index (χ0v) is 32.5. The van der Waals surface area contributed by atoms with Crippen molar-refractivity contribution in [3.05, 3.63) is 56.6 Å². The predicted octanol–water partition coefficient (Wildman–Crippen LogP) is 13.8. The van der Waals surface area contributed by atoms with E-state index in [1.807, 2.05) is 0 Å². The average molecular weight is 649 g/mol. The van der Waals surface area contributed by atoms with Crippen LogP contribution in [0.25, 0.3) is 0 Å². The second-order valence-electron chi connectivity index (χ2n) is 15.1. The van der Waals surface area contributed by atoms with Crippen LogP contribution in [0, 0.1) is 0 Å². The molecule has 2 nitrogen and oxygen atoms in total. The first-order valence-electron chi connectivity index (χ1n) is 20.5. The van der Waals surface area contributed by atoms with Crippen molar-refractivity contribution in [2.75, 3.05) is 0 Å². The highest BCUT2D eigenvalue weighted by Gasteiger charge is 2.35. The third kappa shape index (κ3) is 12.1. The van der Waals surface area contributed by atoms with Crippen LogP contribution in [-0.4, -0.2) is 10.2 Å². The Kier molecular flexibility index (Phi) is 19.8. The number of phenolic OH excluding ortho intramolecular Hbond substituents is 2. The van der Waals surface area contributed by atoms with Crippen LogP contribution in [-0.2, 0) is 43.9 Å². The molecule has 0 spiro atoms. The fraction of sp³-hybridized carbons (Fsp3) is 0.733. The summed E-state index contributed by atoms with van der Waals surface area (Å²) < 4.78 is 0. The van der Waals surface area contributed by atoms with Gasteiger partial charge in [0.2, 0.25) is 0 Å². The van der Waals surface area contributed by atoms with E-state index in [4.69, 9.17) is 0 Å². The molecule has 2 aromatic rings. The molecule has 0 aliphatic heterocycles. The molecule has 2 heteroatoms. The van der Waals surface area contributed by atoms with Crippen molar-refractivity contribution in [2.24, 2.45) is 0 Å². The minimum Gasteiger partial charge on any atom is -0.508 e. The Morgan fingerprint density at radius 1 is 0.383 bits per heavy atom. The summed E-state index contributed by atoms with van der Waals surface area (Å²) in [5.41, 5.74) is 10.9. The summed E-state index contributed by atoms with van der Waals surface area (Å²) in [6.07, 6.45) is 27.4. The second-order valence-corrected chi connectivity index (χ2v) is 15.1. The van der Waals surface area contributed by atoms with Gasteiger partial charge < -0.3 is 10.2 Å². The highest BCUT2D eigenvalue weighted by molar-refractivity contribution is 5.61. The van der Waals surface area contributed by atoms with Gasteiger partial charge in [0.25, 0.3) is 0 Å². The molecule has 47 heavy (non-hydrogen) atoms. The standard InChI is InChI=1S/C45H76O2/c1-9-15-21-27-35-33-41(46)37(29-23-17-11-3)39(31-25-19-13-5)43(35)45(7,8)44-36(28-22-16-10-2)34-42(47)38(30-24-18-12-4)40(44)32-26-20-14-6/h33-34,46-47H,9-32H2,1-8H3. The van der Waals surface area contributed by atoms with Crippen molar-refractivity contribution in [1.82, 2.24) is 0 Å². The lowest BCUT2D eigenvalue weighted by Crippen LogP contribution is -2.28. The number of aromatic hydroxyl groups is 2. The molecular weight excluding hydrogens is 572 g/mol. The highest BCUT2D eigenvalue weighted by atomic mass is 16.3. The van der Waals surface area contributed by atoms with Gasteiger partial charge in [-0.1, -0.05) is 132 Å². The van der Waals surface area contributed by atoms with E-state index in [0.717, 1.165) is 64.2 Å². The molecule has 2 aromatic carbocycles. The van der Waals surface area contributed by atoms with Crippen LogP contribution < -0.4 is 0 Å². The Hall–Kier alpha value is -1.96. The number of hydrogen-bond donors (Lipinski definition) is 2. The van der Waals surface area contributed by atoms with Gasteiger partial charge in [-0.25, -0.2) is 0 Å². The van der Waals surface area contributed by atoms with E-state index in [1.165, 1.54) is 134 Å². The quantitative estimate of drug-likeness (QED) is 0.0997. The molecule has 0 radical (unpaired) electrons. The minimum atomic E-state index is -0.230. The van der Waals surface area contributed by atoms with E-state index in [2.05, 4.69) is 67.5 Å². The fourth-order valence-electron chi connectivity index (χ4n) is 8.17. The monoisotopic (exact) mass is 649 g/mol. The Balaban J connectivity index is 3.03. The normalized spacial score (nSPS) is 11.9. The zero-order chi connectivity index (χ0) is 34.7. The predicted molar refractivity (Wildman–Crippen MR) is 208 cm³/mol. The summed E-state index contributed by atoms with van der Waals surface area (Å²) in [7, 11) is 0. The molecule has 0 bridgehead atoms. The van der Waals surface area contributed by atoms with E-state index in [9.17, 15) is 10.2 Å². The largest absolute Gasteiger partial charge is 0.508 e. The van der Waals surface area contributed by atoms with Gasteiger partial charge in [0.15, 0.2) is 0 Å². The van der Waals surface area contributed by atoms with Crippen LogP contribution in [0.2, 0.25) is 0 Å². The van der Waals surface area contributed by atoms with Crippen LogP contribution >= 0.6 is 0 Å². The van der Waals surface area contributed by atoms with Crippen LogP contribution in [0.15, 0.2) is 12.1 Å². The van der Waals surface area contributed by atoms with Crippen molar-refractivity contribution in [3.8, 4) is 11.5 Å². The van der Waals surface area contributed by atoms with Gasteiger partial charge in [-0.15, -0.1) is 0 Å². The Morgan fingerprint density at radius 2 is 0.638 bits per heavy atom. The number of phenols is 2. The smallest absolute Gasteiger partial charge is 0.119 e. The lowest BCUT2D eigenvalue weighted by molar-refractivity contribution is 0.459. The molecule has 0 unspecified atom stereocenters. The summed E-state index contributed by atoms with van der Waals surface area (Å²) in [4.78, 5) is 0. The third-order valence-corrected chi connectivity index (χ3v) is 10.7. The molecule has 0 aliphatic rings. The molecule has 0 amide bonds. The Morgan fingerprint density at radius 3 is 0.915 bits per heavy atom. The van der Waals surface area contributed by atoms with Crippen LogP contribution in [0.5, 0.6) is 11.5 Å². The van der Waals surface area contributed by atoms with E-state index in [0.29, 0.717) is 11.5 Å². The maximum absolute atomic E-state index is 11.7. The van der Waals surface area contributed by atoms with Crippen molar-refractivity contribution in [1.29, 1.82) is 0 Å². The number of aryl methyl sites for hydroxylation is 2. The van der Waals surface area contributed by atoms with Crippen molar-refractivity contribution in [2.45, 2.75) is 215 Å². The molecule has 2 rings (SSSR count). The molecular formula is C45H76O2. The molecule has 0 fully saturated rings. The Labute approximate surface area is 292 Å². The van der Waals surface area contributed by atoms with Crippen LogP contribution in [0.1, 0.15) is 215 Å². The van der Waals surface area contributed by atoms with Gasteiger partial charge in [-0.2, -0.15) is 0 Å². The number of hydrogen-bond acceptors (Lipinski definition) is 2. The summed E-state index contributed by atoms with van der Waals surface area (Å²) in [6.45, 7) is 18.7. The van der Waals surface area contributed by atoms with E-state index >= 15 is 0 Å². The summed E-state index contributed by atoms with van der Waals surface area (Å²) in [5, 5.41) is 23.4. The molecule has 0 heterocycles. The maximum Gasteiger partial charge on any atom is 0.119 e. The topological polar surface area (TPSA) is 40.5 Å². The van der Waals surface area contributed by atoms with Crippen molar-refractivity contribution in [3.63, 3.8) is 0 Å². The Bertz CT molecular complexity index is 1070. The molecule has 0 saturated heterocycles. The van der Waals surface area contributed by atoms with Gasteiger partial charge in [0, 0.05) is 5.41 Å². The number of benzene rings is 2. The van der Waals surface area contributed by atoms with Gasteiger partial charge in [-0.05, 0) is 134 Å². The van der Waals surface area contributed by atoms with Gasteiger partial charge >= 0.3 is 0 Å². The summed E-state index contributed by atoms with van der Waals surface area (Å²) in [5.74, 6) is 1.08. The fourth-order valence-corrected chi connectivity index (χ4v) is 8.17. The van der Waals surface area contributed by atoms with Gasteiger partial charge in [-0.3, -0.25) is 0 Å². The molecule has 268 valence electrons. The first kappa shape index (κ1) is 41.2. The van der Waals surface area contributed by atoms with Crippen LogP contribution in [0.4, 0.5) is 0 Å². The van der Waals surface area contributed by atoms with E-state index < -0.39 is 0 Å². The van der Waals surface area contributed by atoms with E-state index in [1.54, 1.807) is 0 Å². The first-order chi connectivity index (χ1) is 22.7. The van der Waals surface area contributed by atoms with Crippen molar-refractivity contribution < 1.29 is 10.2 Å². The van der Waals surface area contributed by atoms with Crippen LogP contribution in [0.3, 0.4) is 0 Å². The summed E-state index contributed by atoms with van der Waals surface area (Å²) >= 11 is 0. The van der Waals surface area contributed by atoms with E-state index in [-0.39, 0.29) is 5.41 Å². The lowest BCUT2D eigenvalue weighted by atomic mass is 9.66. The number of unbranched alkanes of at least 4 members (excludes halogenated alkanes) is 12. The SMILES string of the molecule is CCCCCc1cc(O)c(CCCCC)c(CCCCC)c1C(C)(C)c1c(CCCCC)cc(O)c(CCCCC)c1CCCCC. The molecule has 0 aromatic heterocycles. The molecule has 0 aliphatic carbocycles. The molecule has 2 N–H and O–H groups in total. The zero-order valence-electron chi connectivity index (χ0n) is 32.5. The average Bonchev–Trinajstić information content (AvgIpc) is 3.03.